The van der Waals surface area contributed by atoms with Crippen LogP contribution in [0.1, 0.15) is 149 Å². The highest BCUT2D eigenvalue weighted by Crippen LogP contribution is 2.67. The molecule has 0 heterocycles. The average Bonchev–Trinajstić information content (AvgIpc) is 3.23. The van der Waals surface area contributed by atoms with Crippen LogP contribution in [0.3, 0.4) is 0 Å². The maximum Gasteiger partial charge on any atom is 0.367 e. The van der Waals surface area contributed by atoms with Gasteiger partial charge in [0.1, 0.15) is 6.10 Å². The van der Waals surface area contributed by atoms with Crippen molar-refractivity contribution in [2.45, 2.75) is 161 Å². The summed E-state index contributed by atoms with van der Waals surface area (Å²) in [6, 6.07) is 0. The summed E-state index contributed by atoms with van der Waals surface area (Å²) in [6.07, 6.45) is 29.6. The minimum Gasteiger partial charge on any atom is -0.454 e. The number of carbonyl (C=O) groups excluding carboxylic acids is 1. The van der Waals surface area contributed by atoms with Crippen LogP contribution in [-0.4, -0.2) is 16.7 Å². The molecule has 0 amide bonds. The van der Waals surface area contributed by atoms with E-state index in [-0.39, 0.29) is 11.4 Å². The molecule has 4 saturated carbocycles. The van der Waals surface area contributed by atoms with E-state index in [9.17, 15) is 4.79 Å². The van der Waals surface area contributed by atoms with Crippen LogP contribution in [-0.2, 0) is 4.74 Å². The van der Waals surface area contributed by atoms with Gasteiger partial charge in [0.25, 0.3) is 0 Å². The lowest BCUT2D eigenvalue weighted by Gasteiger charge is -2.58. The van der Waals surface area contributed by atoms with Gasteiger partial charge in [-0.15, -0.1) is 0 Å². The van der Waals surface area contributed by atoms with Crippen LogP contribution in [0.4, 0.5) is 4.79 Å². The monoisotopic (exact) mass is 528 g/mol. The van der Waals surface area contributed by atoms with E-state index in [2.05, 4.69) is 26.8 Å². The van der Waals surface area contributed by atoms with E-state index >= 15 is 0 Å². The van der Waals surface area contributed by atoms with Gasteiger partial charge < -0.3 is 4.74 Å². The van der Waals surface area contributed by atoms with Crippen LogP contribution in [0.5, 0.6) is 0 Å². The lowest BCUT2D eigenvalue weighted by atomic mass is 9.47. The molecule has 4 fully saturated rings. The van der Waals surface area contributed by atoms with E-state index in [0.717, 1.165) is 42.9 Å². The molecule has 7 atom stereocenters. The Morgan fingerprint density at radius 2 is 1.70 bits per heavy atom. The highest BCUT2D eigenvalue weighted by Gasteiger charge is 2.58. The van der Waals surface area contributed by atoms with Gasteiger partial charge in [-0.25, -0.2) is 4.79 Å². The molecular formula is C34H56O2S. The molecule has 0 aliphatic heterocycles. The highest BCUT2D eigenvalue weighted by atomic mass is 32.2. The molecule has 5 rings (SSSR count). The maximum absolute atomic E-state index is 12.7. The molecule has 5 aliphatic rings. The first-order valence-electron chi connectivity index (χ1n) is 16.5. The SMILES string of the molecule is CCCCCCCC[C@@H]1CC[C@@H]2[C@H]3CC=C4C[C@@H](SC(=O)OC5CCCCC5)CC[C@]4(C)[C@@H]3CC[C@@]12C. The van der Waals surface area contributed by atoms with Crippen molar-refractivity contribution in [1.82, 2.24) is 0 Å². The molecule has 3 heteroatoms. The highest BCUT2D eigenvalue weighted by molar-refractivity contribution is 8.13. The fraction of sp³-hybridized carbons (Fsp3) is 0.912. The van der Waals surface area contributed by atoms with E-state index in [1.54, 1.807) is 5.57 Å². The molecule has 0 spiro atoms. The van der Waals surface area contributed by atoms with Crippen molar-refractivity contribution in [2.24, 2.45) is 34.5 Å². The minimum absolute atomic E-state index is 0.00517. The first-order chi connectivity index (χ1) is 17.9. The molecule has 0 unspecified atom stereocenters. The van der Waals surface area contributed by atoms with Crippen molar-refractivity contribution < 1.29 is 9.53 Å². The van der Waals surface area contributed by atoms with E-state index in [4.69, 9.17) is 4.74 Å². The second-order valence-corrected chi connectivity index (χ2v) is 15.5. The summed E-state index contributed by atoms with van der Waals surface area (Å²) in [5.74, 6) is 3.70. The Labute approximate surface area is 232 Å². The van der Waals surface area contributed by atoms with Gasteiger partial charge in [0.15, 0.2) is 0 Å². The van der Waals surface area contributed by atoms with Crippen molar-refractivity contribution in [1.29, 1.82) is 0 Å². The van der Waals surface area contributed by atoms with E-state index in [1.807, 2.05) is 0 Å². The van der Waals surface area contributed by atoms with Crippen LogP contribution in [0.25, 0.3) is 0 Å². The number of unbranched alkanes of at least 4 members (excludes halogenated alkanes) is 5. The Kier molecular flexibility index (Phi) is 9.41. The summed E-state index contributed by atoms with van der Waals surface area (Å²) in [5, 5.41) is 0.430. The van der Waals surface area contributed by atoms with Crippen molar-refractivity contribution >= 4 is 17.1 Å². The Morgan fingerprint density at radius 3 is 2.51 bits per heavy atom. The number of carbonyl (C=O) groups is 1. The molecule has 2 nitrogen and oxygen atoms in total. The number of rotatable bonds is 9. The molecule has 0 N–H and O–H groups in total. The normalized spacial score (nSPS) is 39.9. The largest absolute Gasteiger partial charge is 0.454 e. The first-order valence-corrected chi connectivity index (χ1v) is 17.4. The van der Waals surface area contributed by atoms with Crippen LogP contribution < -0.4 is 0 Å². The molecule has 0 aromatic rings. The summed E-state index contributed by atoms with van der Waals surface area (Å²) < 4.78 is 5.87. The summed E-state index contributed by atoms with van der Waals surface area (Å²) in [6.45, 7) is 7.64. The second kappa shape index (κ2) is 12.4. The van der Waals surface area contributed by atoms with E-state index in [1.165, 1.54) is 121 Å². The molecule has 0 radical (unpaired) electrons. The molecule has 0 aromatic heterocycles. The topological polar surface area (TPSA) is 26.3 Å². The number of fused-ring (bicyclic) bond motifs is 5. The predicted octanol–water partition coefficient (Wildman–Crippen LogP) is 10.9. The number of hydrogen-bond donors (Lipinski definition) is 0. The number of hydrogen-bond acceptors (Lipinski definition) is 3. The molecular weight excluding hydrogens is 472 g/mol. The van der Waals surface area contributed by atoms with Crippen molar-refractivity contribution in [3.05, 3.63) is 11.6 Å². The van der Waals surface area contributed by atoms with E-state index < -0.39 is 0 Å². The summed E-state index contributed by atoms with van der Waals surface area (Å²) >= 11 is 1.52. The second-order valence-electron chi connectivity index (χ2n) is 14.2. The minimum atomic E-state index is 0.00517. The maximum atomic E-state index is 12.7. The average molecular weight is 529 g/mol. The Hall–Kier alpha value is -0.440. The zero-order chi connectivity index (χ0) is 25.9. The van der Waals surface area contributed by atoms with Crippen LogP contribution >= 0.6 is 11.8 Å². The zero-order valence-corrected chi connectivity index (χ0v) is 25.2. The quantitative estimate of drug-likeness (QED) is 0.169. The summed E-state index contributed by atoms with van der Waals surface area (Å²) in [7, 11) is 0. The van der Waals surface area contributed by atoms with Crippen molar-refractivity contribution in [2.75, 3.05) is 0 Å². The number of ether oxygens (including phenoxy) is 1. The van der Waals surface area contributed by atoms with Gasteiger partial charge in [0.05, 0.1) is 0 Å². The Bertz CT molecular complexity index is 800. The van der Waals surface area contributed by atoms with Crippen molar-refractivity contribution in [3.63, 3.8) is 0 Å². The van der Waals surface area contributed by atoms with Gasteiger partial charge >= 0.3 is 5.30 Å². The molecule has 210 valence electrons. The number of thioether (sulfide) groups is 1. The molecule has 0 bridgehead atoms. The van der Waals surface area contributed by atoms with E-state index in [0.29, 0.717) is 16.1 Å². The van der Waals surface area contributed by atoms with Gasteiger partial charge in [-0.05, 0) is 130 Å². The number of allylic oxidation sites excluding steroid dienone is 2. The molecule has 5 aliphatic carbocycles. The van der Waals surface area contributed by atoms with Gasteiger partial charge in [-0.1, -0.05) is 77.4 Å². The van der Waals surface area contributed by atoms with Crippen LogP contribution in [0, 0.1) is 34.5 Å². The lowest BCUT2D eigenvalue weighted by Crippen LogP contribution is -2.50. The lowest BCUT2D eigenvalue weighted by molar-refractivity contribution is -0.0422. The Morgan fingerprint density at radius 1 is 0.919 bits per heavy atom. The third-order valence-electron chi connectivity index (χ3n) is 12.2. The van der Waals surface area contributed by atoms with Crippen LogP contribution in [0.15, 0.2) is 11.6 Å². The smallest absolute Gasteiger partial charge is 0.367 e. The third-order valence-corrected chi connectivity index (χ3v) is 13.3. The predicted molar refractivity (Wildman–Crippen MR) is 158 cm³/mol. The zero-order valence-electron chi connectivity index (χ0n) is 24.4. The van der Waals surface area contributed by atoms with Crippen LogP contribution in [0.2, 0.25) is 0 Å². The van der Waals surface area contributed by atoms with Gasteiger partial charge in [0.2, 0.25) is 0 Å². The first kappa shape index (κ1) is 28.1. The van der Waals surface area contributed by atoms with Gasteiger partial charge in [0, 0.05) is 5.25 Å². The fourth-order valence-corrected chi connectivity index (χ4v) is 10.9. The molecule has 0 saturated heterocycles. The Balaban J connectivity index is 1.16. The van der Waals surface area contributed by atoms with Crippen molar-refractivity contribution in [3.8, 4) is 0 Å². The molecule has 0 aromatic carbocycles. The van der Waals surface area contributed by atoms with Gasteiger partial charge in [-0.3, -0.25) is 0 Å². The summed E-state index contributed by atoms with van der Waals surface area (Å²) in [5.41, 5.74) is 2.68. The molecule has 37 heavy (non-hydrogen) atoms. The fourth-order valence-electron chi connectivity index (χ4n) is 9.97. The van der Waals surface area contributed by atoms with Gasteiger partial charge in [-0.2, -0.15) is 0 Å². The standard InChI is InChI=1S/C34H56O2S/c1-4-5-6-7-8-10-13-25-17-19-30-29-18-16-26-24-28(37-32(35)36-27-14-11-9-12-15-27)20-22-34(26,3)31(29)21-23-33(25,30)2/h16,25,27-31H,4-15,17-24H2,1-3H3/t25-,28+,29-,30-,31-,33+,34+/m1/s1. The third kappa shape index (κ3) is 6.02. The summed E-state index contributed by atoms with van der Waals surface area (Å²) in [4.78, 5) is 12.7.